The van der Waals surface area contributed by atoms with Gasteiger partial charge in [0.05, 0.1) is 28.8 Å². The summed E-state index contributed by atoms with van der Waals surface area (Å²) in [7, 11) is 1.59. The van der Waals surface area contributed by atoms with E-state index in [1.165, 1.54) is 4.90 Å². The van der Waals surface area contributed by atoms with E-state index in [0.717, 1.165) is 5.56 Å². The third-order valence-electron chi connectivity index (χ3n) is 4.36. The molecule has 3 rings (SSSR count). The van der Waals surface area contributed by atoms with E-state index >= 15 is 0 Å². The molecule has 0 saturated carbocycles. The summed E-state index contributed by atoms with van der Waals surface area (Å²) in [6.07, 6.45) is 0.139. The SMILES string of the molecule is COc1ccccc1CNC(=O)C1CC(=O)N(c2cccc(Cl)c2Cl)C1. The largest absolute Gasteiger partial charge is 0.496 e. The Kier molecular flexibility index (Phi) is 5.69. The fourth-order valence-electron chi connectivity index (χ4n) is 2.99. The molecule has 2 amide bonds. The first-order valence-electron chi connectivity index (χ1n) is 8.15. The maximum Gasteiger partial charge on any atom is 0.227 e. The number of para-hydroxylation sites is 1. The van der Waals surface area contributed by atoms with Crippen LogP contribution in [-0.2, 0) is 16.1 Å². The maximum atomic E-state index is 12.5. The summed E-state index contributed by atoms with van der Waals surface area (Å²) in [6.45, 7) is 0.613. The first-order chi connectivity index (χ1) is 12.5. The standard InChI is InChI=1S/C19H18Cl2N2O3/c1-26-16-8-3-2-5-12(16)10-22-19(25)13-9-17(24)23(11-13)15-7-4-6-14(20)18(15)21/h2-8,13H,9-11H2,1H3,(H,22,25). The number of ether oxygens (including phenoxy) is 1. The average Bonchev–Trinajstić information content (AvgIpc) is 3.04. The van der Waals surface area contributed by atoms with Crippen molar-refractivity contribution in [1.29, 1.82) is 0 Å². The molecule has 136 valence electrons. The molecule has 1 N–H and O–H groups in total. The van der Waals surface area contributed by atoms with Crippen LogP contribution in [0.2, 0.25) is 10.0 Å². The molecule has 0 bridgehead atoms. The molecule has 1 saturated heterocycles. The van der Waals surface area contributed by atoms with Crippen LogP contribution in [0.25, 0.3) is 0 Å². The number of rotatable bonds is 5. The van der Waals surface area contributed by atoms with Gasteiger partial charge in [0.2, 0.25) is 11.8 Å². The minimum Gasteiger partial charge on any atom is -0.496 e. The highest BCUT2D eigenvalue weighted by Gasteiger charge is 2.36. The summed E-state index contributed by atoms with van der Waals surface area (Å²) >= 11 is 12.2. The molecule has 1 heterocycles. The van der Waals surface area contributed by atoms with Crippen molar-refractivity contribution in [1.82, 2.24) is 5.32 Å². The minimum atomic E-state index is -0.438. The van der Waals surface area contributed by atoms with Gasteiger partial charge in [0.1, 0.15) is 5.75 Å². The summed E-state index contributed by atoms with van der Waals surface area (Å²) in [5.41, 5.74) is 1.41. The number of halogens is 2. The molecule has 0 aromatic heterocycles. The molecule has 7 heteroatoms. The molecular formula is C19H18Cl2N2O3. The Balaban J connectivity index is 1.66. The van der Waals surface area contributed by atoms with Gasteiger partial charge in [-0.1, -0.05) is 47.5 Å². The van der Waals surface area contributed by atoms with Crippen LogP contribution >= 0.6 is 23.2 Å². The summed E-state index contributed by atoms with van der Waals surface area (Å²) < 4.78 is 5.28. The van der Waals surface area contributed by atoms with E-state index in [2.05, 4.69) is 5.32 Å². The van der Waals surface area contributed by atoms with E-state index < -0.39 is 5.92 Å². The van der Waals surface area contributed by atoms with Gasteiger partial charge in [0.15, 0.2) is 0 Å². The molecule has 1 aliphatic heterocycles. The van der Waals surface area contributed by atoms with Gasteiger partial charge >= 0.3 is 0 Å². The number of hydrogen-bond acceptors (Lipinski definition) is 3. The van der Waals surface area contributed by atoms with E-state index in [1.807, 2.05) is 24.3 Å². The predicted molar refractivity (Wildman–Crippen MR) is 102 cm³/mol. The molecule has 26 heavy (non-hydrogen) atoms. The van der Waals surface area contributed by atoms with Gasteiger partial charge in [-0.15, -0.1) is 0 Å². The van der Waals surface area contributed by atoms with E-state index in [0.29, 0.717) is 28.0 Å². The number of nitrogens with one attached hydrogen (secondary N) is 1. The van der Waals surface area contributed by atoms with Crippen molar-refractivity contribution in [3.8, 4) is 5.75 Å². The number of amides is 2. The van der Waals surface area contributed by atoms with Gasteiger partial charge in [-0.25, -0.2) is 0 Å². The fourth-order valence-corrected chi connectivity index (χ4v) is 3.39. The van der Waals surface area contributed by atoms with Crippen molar-refractivity contribution in [3.63, 3.8) is 0 Å². The monoisotopic (exact) mass is 392 g/mol. The number of methoxy groups -OCH3 is 1. The lowest BCUT2D eigenvalue weighted by Gasteiger charge is -2.18. The Morgan fingerprint density at radius 3 is 2.77 bits per heavy atom. The zero-order valence-corrected chi connectivity index (χ0v) is 15.7. The Labute approximate surface area is 161 Å². The lowest BCUT2D eigenvalue weighted by Crippen LogP contribution is -2.32. The summed E-state index contributed by atoms with van der Waals surface area (Å²) in [5.74, 6) is -0.0496. The van der Waals surface area contributed by atoms with Gasteiger partial charge in [0, 0.05) is 25.1 Å². The van der Waals surface area contributed by atoms with Crippen LogP contribution < -0.4 is 15.0 Å². The molecular weight excluding hydrogens is 375 g/mol. The van der Waals surface area contributed by atoms with Crippen LogP contribution in [0.1, 0.15) is 12.0 Å². The topological polar surface area (TPSA) is 58.6 Å². The Hall–Kier alpha value is -2.24. The second kappa shape index (κ2) is 7.98. The van der Waals surface area contributed by atoms with E-state index in [9.17, 15) is 9.59 Å². The predicted octanol–water partition coefficient (Wildman–Crippen LogP) is 3.67. The zero-order valence-electron chi connectivity index (χ0n) is 14.2. The van der Waals surface area contributed by atoms with Crippen LogP contribution in [0.5, 0.6) is 5.75 Å². The molecule has 5 nitrogen and oxygen atoms in total. The second-order valence-electron chi connectivity index (χ2n) is 6.01. The molecule has 1 atom stereocenters. The first-order valence-corrected chi connectivity index (χ1v) is 8.91. The third-order valence-corrected chi connectivity index (χ3v) is 5.17. The molecule has 0 aliphatic carbocycles. The number of nitrogens with zero attached hydrogens (tertiary/aromatic N) is 1. The molecule has 1 aliphatic rings. The molecule has 0 radical (unpaired) electrons. The third kappa shape index (κ3) is 3.79. The highest BCUT2D eigenvalue weighted by Crippen LogP contribution is 2.35. The molecule has 2 aromatic carbocycles. The molecule has 2 aromatic rings. The van der Waals surface area contributed by atoms with Crippen molar-refractivity contribution in [2.45, 2.75) is 13.0 Å². The first kappa shape index (κ1) is 18.5. The van der Waals surface area contributed by atoms with Crippen LogP contribution in [0, 0.1) is 5.92 Å². The smallest absolute Gasteiger partial charge is 0.227 e. The zero-order chi connectivity index (χ0) is 18.7. The van der Waals surface area contributed by atoms with Crippen molar-refractivity contribution < 1.29 is 14.3 Å². The fraction of sp³-hybridized carbons (Fsp3) is 0.263. The van der Waals surface area contributed by atoms with Crippen LogP contribution in [0.15, 0.2) is 42.5 Å². The van der Waals surface area contributed by atoms with Gasteiger partial charge in [0.25, 0.3) is 0 Å². The van der Waals surface area contributed by atoms with E-state index in [4.69, 9.17) is 27.9 Å². The Morgan fingerprint density at radius 2 is 2.00 bits per heavy atom. The Morgan fingerprint density at radius 1 is 1.23 bits per heavy atom. The number of carbonyl (C=O) groups is 2. The summed E-state index contributed by atoms with van der Waals surface area (Å²) in [6, 6.07) is 12.6. The number of anilines is 1. The number of benzene rings is 2. The van der Waals surface area contributed by atoms with Gasteiger partial charge in [-0.2, -0.15) is 0 Å². The van der Waals surface area contributed by atoms with Gasteiger partial charge < -0.3 is 15.0 Å². The lowest BCUT2D eigenvalue weighted by atomic mass is 10.1. The maximum absolute atomic E-state index is 12.5. The van der Waals surface area contributed by atoms with Crippen molar-refractivity contribution >= 4 is 40.7 Å². The minimum absolute atomic E-state index is 0.139. The van der Waals surface area contributed by atoms with Crippen molar-refractivity contribution in [2.75, 3.05) is 18.6 Å². The second-order valence-corrected chi connectivity index (χ2v) is 6.79. The molecule has 1 unspecified atom stereocenters. The van der Waals surface area contributed by atoms with Crippen molar-refractivity contribution in [3.05, 3.63) is 58.1 Å². The highest BCUT2D eigenvalue weighted by molar-refractivity contribution is 6.44. The number of carbonyl (C=O) groups excluding carboxylic acids is 2. The average molecular weight is 393 g/mol. The highest BCUT2D eigenvalue weighted by atomic mass is 35.5. The van der Waals surface area contributed by atoms with E-state index in [-0.39, 0.29) is 24.8 Å². The van der Waals surface area contributed by atoms with Crippen LogP contribution in [-0.4, -0.2) is 25.5 Å². The normalized spacial score (nSPS) is 16.7. The lowest BCUT2D eigenvalue weighted by molar-refractivity contribution is -0.126. The van der Waals surface area contributed by atoms with Crippen molar-refractivity contribution in [2.24, 2.45) is 5.92 Å². The van der Waals surface area contributed by atoms with Gasteiger partial charge in [-0.05, 0) is 18.2 Å². The summed E-state index contributed by atoms with van der Waals surface area (Å²) in [4.78, 5) is 26.4. The molecule has 1 fully saturated rings. The van der Waals surface area contributed by atoms with Gasteiger partial charge in [-0.3, -0.25) is 9.59 Å². The quantitative estimate of drug-likeness (QED) is 0.844. The summed E-state index contributed by atoms with van der Waals surface area (Å²) in [5, 5.41) is 3.57. The Bertz CT molecular complexity index is 841. The number of hydrogen-bond donors (Lipinski definition) is 1. The van der Waals surface area contributed by atoms with E-state index in [1.54, 1.807) is 25.3 Å². The van der Waals surface area contributed by atoms with Crippen LogP contribution in [0.3, 0.4) is 0 Å². The molecule has 0 spiro atoms. The van der Waals surface area contributed by atoms with Crippen LogP contribution in [0.4, 0.5) is 5.69 Å².